The van der Waals surface area contributed by atoms with Gasteiger partial charge in [-0.15, -0.1) is 0 Å². The van der Waals surface area contributed by atoms with Crippen LogP contribution in [0.4, 0.5) is 0 Å². The van der Waals surface area contributed by atoms with Crippen LogP contribution in [0.25, 0.3) is 0 Å². The molecule has 2 nitrogen and oxygen atoms in total. The Morgan fingerprint density at radius 3 is 2.14 bits per heavy atom. The van der Waals surface area contributed by atoms with Crippen molar-refractivity contribution in [2.24, 2.45) is 0 Å². The Hall–Kier alpha value is -1.61. The number of carbonyl (C=O) groups excluding carboxylic acids is 1. The fourth-order valence-electron chi connectivity index (χ4n) is 2.20. The largest absolute Gasteiger partial charge is 0.352 e. The molecule has 0 aliphatic rings. The van der Waals surface area contributed by atoms with E-state index in [4.69, 9.17) is 0 Å². The lowest BCUT2D eigenvalue weighted by atomic mass is 9.87. The summed E-state index contributed by atoms with van der Waals surface area (Å²) in [4.78, 5) is 12.1. The van der Waals surface area contributed by atoms with Gasteiger partial charge < -0.3 is 5.32 Å². The Morgan fingerprint density at radius 2 is 1.59 bits per heavy atom. The smallest absolute Gasteiger partial charge is 0.251 e. The second kappa shape index (κ2) is 7.10. The van der Waals surface area contributed by atoms with Gasteiger partial charge in [0, 0.05) is 16.6 Å². The quantitative estimate of drug-likeness (QED) is 0.840. The summed E-state index contributed by atoms with van der Waals surface area (Å²) < 4.78 is 1.07. The minimum atomic E-state index is -0.0161. The second-order valence-electron chi connectivity index (χ2n) is 6.46. The van der Waals surface area contributed by atoms with Crippen LogP contribution in [0.2, 0.25) is 0 Å². The van der Waals surface area contributed by atoms with E-state index < -0.39 is 0 Å². The highest BCUT2D eigenvalue weighted by molar-refractivity contribution is 9.10. The summed E-state index contributed by atoms with van der Waals surface area (Å²) in [6.45, 7) is 7.14. The third-order valence-electron chi connectivity index (χ3n) is 3.63. The minimum Gasteiger partial charge on any atom is -0.352 e. The van der Waals surface area contributed by atoms with Gasteiger partial charge in [0.15, 0.2) is 0 Å². The number of hydrogen-bond acceptors (Lipinski definition) is 1. The van der Waals surface area contributed by atoms with Gasteiger partial charge in [0.2, 0.25) is 0 Å². The molecule has 22 heavy (non-hydrogen) atoms. The molecule has 0 saturated carbocycles. The number of nitrogens with one attached hydrogen (secondary N) is 1. The van der Waals surface area contributed by atoms with Crippen molar-refractivity contribution in [1.29, 1.82) is 0 Å². The maximum absolute atomic E-state index is 12.1. The lowest BCUT2D eigenvalue weighted by Crippen LogP contribution is -2.25. The Balaban J connectivity index is 1.88. The number of benzene rings is 2. The molecule has 0 radical (unpaired) electrons. The van der Waals surface area contributed by atoms with Gasteiger partial charge in [0.1, 0.15) is 0 Å². The molecule has 2 rings (SSSR count). The lowest BCUT2D eigenvalue weighted by Gasteiger charge is -2.19. The van der Waals surface area contributed by atoms with Gasteiger partial charge in [0.05, 0.1) is 0 Å². The van der Waals surface area contributed by atoms with Gasteiger partial charge in [-0.1, -0.05) is 61.0 Å². The number of amides is 1. The molecule has 0 bridgehead atoms. The first-order valence-corrected chi connectivity index (χ1v) is 8.29. The van der Waals surface area contributed by atoms with Crippen LogP contribution in [-0.2, 0) is 11.8 Å². The van der Waals surface area contributed by atoms with Crippen LogP contribution in [-0.4, -0.2) is 12.5 Å². The van der Waals surface area contributed by atoms with E-state index >= 15 is 0 Å². The van der Waals surface area contributed by atoms with E-state index in [2.05, 4.69) is 54.2 Å². The molecule has 0 heterocycles. The van der Waals surface area contributed by atoms with Crippen LogP contribution < -0.4 is 5.32 Å². The molecule has 0 aliphatic carbocycles. The Kier molecular flexibility index (Phi) is 5.41. The SMILES string of the molecule is CC(C)(C)c1ccc(C(=O)NCCc2ccc(Br)cc2)cc1. The van der Waals surface area contributed by atoms with Gasteiger partial charge in [-0.2, -0.15) is 0 Å². The maximum atomic E-state index is 12.1. The topological polar surface area (TPSA) is 29.1 Å². The lowest BCUT2D eigenvalue weighted by molar-refractivity contribution is 0.0954. The van der Waals surface area contributed by atoms with E-state index in [1.807, 2.05) is 36.4 Å². The van der Waals surface area contributed by atoms with Gasteiger partial charge in [0.25, 0.3) is 5.91 Å². The molecule has 1 amide bonds. The molecule has 0 spiro atoms. The number of halogens is 1. The summed E-state index contributed by atoms with van der Waals surface area (Å²) in [6, 6.07) is 16.0. The highest BCUT2D eigenvalue weighted by atomic mass is 79.9. The van der Waals surface area contributed by atoms with Crippen LogP contribution in [0.5, 0.6) is 0 Å². The standard InChI is InChI=1S/C19H22BrNO/c1-19(2,3)16-8-6-15(7-9-16)18(22)21-13-12-14-4-10-17(20)11-5-14/h4-11H,12-13H2,1-3H3,(H,21,22). The summed E-state index contributed by atoms with van der Waals surface area (Å²) >= 11 is 3.42. The van der Waals surface area contributed by atoms with E-state index in [0.717, 1.165) is 10.9 Å². The Morgan fingerprint density at radius 1 is 1.00 bits per heavy atom. The number of carbonyl (C=O) groups is 1. The molecule has 1 N–H and O–H groups in total. The normalized spacial score (nSPS) is 11.3. The van der Waals surface area contributed by atoms with Crippen LogP contribution in [0.15, 0.2) is 53.0 Å². The molecule has 0 saturated heterocycles. The zero-order valence-electron chi connectivity index (χ0n) is 13.3. The van der Waals surface area contributed by atoms with E-state index in [-0.39, 0.29) is 11.3 Å². The predicted octanol–water partition coefficient (Wildman–Crippen LogP) is 4.72. The third kappa shape index (κ3) is 4.70. The Bertz CT molecular complexity index is 624. The monoisotopic (exact) mass is 359 g/mol. The highest BCUT2D eigenvalue weighted by Crippen LogP contribution is 2.22. The predicted molar refractivity (Wildman–Crippen MR) is 95.3 cm³/mol. The van der Waals surface area contributed by atoms with Crippen molar-refractivity contribution in [3.8, 4) is 0 Å². The molecule has 0 fully saturated rings. The fraction of sp³-hybridized carbons (Fsp3) is 0.316. The van der Waals surface area contributed by atoms with E-state index in [0.29, 0.717) is 12.1 Å². The second-order valence-corrected chi connectivity index (χ2v) is 7.38. The summed E-state index contributed by atoms with van der Waals surface area (Å²) in [5.41, 5.74) is 3.27. The van der Waals surface area contributed by atoms with Crippen LogP contribution in [0.3, 0.4) is 0 Å². The Labute approximate surface area is 141 Å². The average molecular weight is 360 g/mol. The van der Waals surface area contributed by atoms with Gasteiger partial charge in [-0.05, 0) is 47.2 Å². The van der Waals surface area contributed by atoms with E-state index in [1.165, 1.54) is 11.1 Å². The van der Waals surface area contributed by atoms with Crippen molar-refractivity contribution >= 4 is 21.8 Å². The van der Waals surface area contributed by atoms with Crippen molar-refractivity contribution in [2.75, 3.05) is 6.54 Å². The third-order valence-corrected chi connectivity index (χ3v) is 4.15. The van der Waals surface area contributed by atoms with E-state index in [9.17, 15) is 4.79 Å². The highest BCUT2D eigenvalue weighted by Gasteiger charge is 2.14. The van der Waals surface area contributed by atoms with Gasteiger partial charge in [-0.3, -0.25) is 4.79 Å². The number of rotatable bonds is 4. The first-order chi connectivity index (χ1) is 10.4. The minimum absolute atomic E-state index is 0.0161. The molecule has 3 heteroatoms. The summed E-state index contributed by atoms with van der Waals surface area (Å²) in [7, 11) is 0. The van der Waals surface area contributed by atoms with Crippen molar-refractivity contribution in [2.45, 2.75) is 32.6 Å². The average Bonchev–Trinajstić information content (AvgIpc) is 2.48. The maximum Gasteiger partial charge on any atom is 0.251 e. The molecule has 0 atom stereocenters. The van der Waals surface area contributed by atoms with Crippen LogP contribution >= 0.6 is 15.9 Å². The molecular formula is C19H22BrNO. The molecule has 0 aromatic heterocycles. The van der Waals surface area contributed by atoms with Crippen LogP contribution in [0, 0.1) is 0 Å². The summed E-state index contributed by atoms with van der Waals surface area (Å²) in [6.07, 6.45) is 0.832. The summed E-state index contributed by atoms with van der Waals surface area (Å²) in [5, 5.41) is 2.97. The van der Waals surface area contributed by atoms with Crippen molar-refractivity contribution in [1.82, 2.24) is 5.32 Å². The van der Waals surface area contributed by atoms with Crippen molar-refractivity contribution in [3.63, 3.8) is 0 Å². The zero-order chi connectivity index (χ0) is 16.2. The molecule has 116 valence electrons. The molecule has 0 aliphatic heterocycles. The molecule has 0 unspecified atom stereocenters. The van der Waals surface area contributed by atoms with Gasteiger partial charge in [-0.25, -0.2) is 0 Å². The molecule has 2 aromatic rings. The van der Waals surface area contributed by atoms with Crippen molar-refractivity contribution < 1.29 is 4.79 Å². The summed E-state index contributed by atoms with van der Waals surface area (Å²) in [5.74, 6) is -0.0161. The first kappa shape index (κ1) is 16.8. The molecular weight excluding hydrogens is 338 g/mol. The molecule has 2 aromatic carbocycles. The number of hydrogen-bond donors (Lipinski definition) is 1. The van der Waals surface area contributed by atoms with Crippen molar-refractivity contribution in [3.05, 3.63) is 69.7 Å². The van der Waals surface area contributed by atoms with E-state index in [1.54, 1.807) is 0 Å². The van der Waals surface area contributed by atoms with Gasteiger partial charge >= 0.3 is 0 Å². The fourth-order valence-corrected chi connectivity index (χ4v) is 2.46. The first-order valence-electron chi connectivity index (χ1n) is 7.49. The zero-order valence-corrected chi connectivity index (χ0v) is 14.9. The van der Waals surface area contributed by atoms with Crippen LogP contribution in [0.1, 0.15) is 42.3 Å².